The second-order valence-corrected chi connectivity index (χ2v) is 5.79. The lowest BCUT2D eigenvalue weighted by Crippen LogP contribution is -2.37. The Morgan fingerprint density at radius 1 is 1.50 bits per heavy atom. The first-order valence-electron chi connectivity index (χ1n) is 7.06. The quantitative estimate of drug-likeness (QED) is 0.866. The molecule has 0 saturated carbocycles. The van der Waals surface area contributed by atoms with Gasteiger partial charge >= 0.3 is 0 Å². The van der Waals surface area contributed by atoms with Gasteiger partial charge in [-0.25, -0.2) is 4.98 Å². The SMILES string of the molecule is CC(C)n1cncc1CNCC1CCCN(C)C1. The molecule has 0 bridgehead atoms. The van der Waals surface area contributed by atoms with Gasteiger partial charge < -0.3 is 14.8 Å². The Bertz CT molecular complexity index is 358. The minimum atomic E-state index is 0.491. The third-order valence-electron chi connectivity index (χ3n) is 3.76. The Labute approximate surface area is 110 Å². The molecule has 4 heteroatoms. The van der Waals surface area contributed by atoms with Crippen molar-refractivity contribution in [3.8, 4) is 0 Å². The summed E-state index contributed by atoms with van der Waals surface area (Å²) in [6, 6.07) is 0.491. The minimum absolute atomic E-state index is 0.491. The van der Waals surface area contributed by atoms with Crippen LogP contribution in [0.3, 0.4) is 0 Å². The highest BCUT2D eigenvalue weighted by Gasteiger charge is 2.16. The number of aromatic nitrogens is 2. The maximum Gasteiger partial charge on any atom is 0.0951 e. The van der Waals surface area contributed by atoms with E-state index in [0.717, 1.165) is 19.0 Å². The first-order chi connectivity index (χ1) is 8.66. The second-order valence-electron chi connectivity index (χ2n) is 5.79. The molecule has 1 fully saturated rings. The van der Waals surface area contributed by atoms with Crippen molar-refractivity contribution in [1.82, 2.24) is 19.8 Å². The first kappa shape index (κ1) is 13.6. The van der Waals surface area contributed by atoms with E-state index in [1.54, 1.807) is 0 Å². The van der Waals surface area contributed by atoms with Gasteiger partial charge in [0, 0.05) is 25.3 Å². The van der Waals surface area contributed by atoms with Crippen molar-refractivity contribution < 1.29 is 0 Å². The van der Waals surface area contributed by atoms with E-state index in [0.29, 0.717) is 6.04 Å². The summed E-state index contributed by atoms with van der Waals surface area (Å²) in [5, 5.41) is 3.59. The third-order valence-corrected chi connectivity index (χ3v) is 3.76. The molecule has 0 radical (unpaired) electrons. The van der Waals surface area contributed by atoms with Crippen LogP contribution >= 0.6 is 0 Å². The van der Waals surface area contributed by atoms with E-state index in [-0.39, 0.29) is 0 Å². The summed E-state index contributed by atoms with van der Waals surface area (Å²) in [7, 11) is 2.22. The zero-order valence-corrected chi connectivity index (χ0v) is 11.9. The van der Waals surface area contributed by atoms with Gasteiger partial charge in [0.05, 0.1) is 12.0 Å². The van der Waals surface area contributed by atoms with Crippen molar-refractivity contribution in [2.24, 2.45) is 5.92 Å². The van der Waals surface area contributed by atoms with E-state index in [4.69, 9.17) is 0 Å². The van der Waals surface area contributed by atoms with Gasteiger partial charge in [0.1, 0.15) is 0 Å². The number of likely N-dealkylation sites (tertiary alicyclic amines) is 1. The molecule has 1 saturated heterocycles. The monoisotopic (exact) mass is 250 g/mol. The molecule has 2 rings (SSSR count). The molecule has 0 aromatic carbocycles. The van der Waals surface area contributed by atoms with Gasteiger partial charge in [-0.2, -0.15) is 0 Å². The zero-order chi connectivity index (χ0) is 13.0. The van der Waals surface area contributed by atoms with E-state index in [9.17, 15) is 0 Å². The van der Waals surface area contributed by atoms with Crippen molar-refractivity contribution in [2.75, 3.05) is 26.7 Å². The highest BCUT2D eigenvalue weighted by molar-refractivity contribution is 4.99. The van der Waals surface area contributed by atoms with Crippen molar-refractivity contribution in [3.63, 3.8) is 0 Å². The molecule has 1 atom stereocenters. The van der Waals surface area contributed by atoms with Crippen LogP contribution in [-0.4, -0.2) is 41.1 Å². The van der Waals surface area contributed by atoms with Gasteiger partial charge in [-0.1, -0.05) is 0 Å². The average molecular weight is 250 g/mol. The van der Waals surface area contributed by atoms with Gasteiger partial charge in [0.2, 0.25) is 0 Å². The van der Waals surface area contributed by atoms with Crippen LogP contribution in [0.25, 0.3) is 0 Å². The van der Waals surface area contributed by atoms with Gasteiger partial charge in [-0.05, 0) is 52.7 Å². The lowest BCUT2D eigenvalue weighted by molar-refractivity contribution is 0.206. The number of nitrogens with zero attached hydrogens (tertiary/aromatic N) is 3. The van der Waals surface area contributed by atoms with E-state index in [1.807, 2.05) is 12.5 Å². The molecule has 0 spiro atoms. The zero-order valence-electron chi connectivity index (χ0n) is 11.9. The van der Waals surface area contributed by atoms with E-state index in [1.165, 1.54) is 31.6 Å². The molecule has 1 aliphatic heterocycles. The summed E-state index contributed by atoms with van der Waals surface area (Å²) in [4.78, 5) is 6.67. The Hall–Kier alpha value is -0.870. The van der Waals surface area contributed by atoms with Crippen LogP contribution in [0.2, 0.25) is 0 Å². The predicted molar refractivity (Wildman–Crippen MR) is 74.5 cm³/mol. The molecular formula is C14H26N4. The summed E-state index contributed by atoms with van der Waals surface area (Å²) in [6.07, 6.45) is 6.60. The lowest BCUT2D eigenvalue weighted by atomic mass is 9.98. The van der Waals surface area contributed by atoms with Crippen LogP contribution < -0.4 is 5.32 Å². The molecule has 102 valence electrons. The highest BCUT2D eigenvalue weighted by atomic mass is 15.1. The summed E-state index contributed by atoms with van der Waals surface area (Å²) in [5.41, 5.74) is 1.29. The van der Waals surface area contributed by atoms with Gasteiger partial charge in [0.25, 0.3) is 0 Å². The number of rotatable bonds is 5. The molecule has 1 aliphatic rings. The molecule has 18 heavy (non-hydrogen) atoms. The first-order valence-corrected chi connectivity index (χ1v) is 7.06. The summed E-state index contributed by atoms with van der Waals surface area (Å²) < 4.78 is 2.24. The number of imidazole rings is 1. The molecule has 4 nitrogen and oxygen atoms in total. The molecule has 1 aromatic rings. The van der Waals surface area contributed by atoms with E-state index >= 15 is 0 Å². The molecular weight excluding hydrogens is 224 g/mol. The topological polar surface area (TPSA) is 33.1 Å². The van der Waals surface area contributed by atoms with Crippen LogP contribution in [0.15, 0.2) is 12.5 Å². The van der Waals surface area contributed by atoms with Crippen LogP contribution in [0, 0.1) is 5.92 Å². The second kappa shape index (κ2) is 6.34. The smallest absolute Gasteiger partial charge is 0.0951 e. The molecule has 0 aliphatic carbocycles. The van der Waals surface area contributed by atoms with Gasteiger partial charge in [-0.3, -0.25) is 0 Å². The fraction of sp³-hybridized carbons (Fsp3) is 0.786. The van der Waals surface area contributed by atoms with Crippen molar-refractivity contribution >= 4 is 0 Å². The number of piperidine rings is 1. The van der Waals surface area contributed by atoms with Crippen molar-refractivity contribution in [2.45, 2.75) is 39.3 Å². The van der Waals surface area contributed by atoms with Gasteiger partial charge in [0.15, 0.2) is 0 Å². The summed E-state index contributed by atoms with van der Waals surface area (Å²) >= 11 is 0. The Morgan fingerprint density at radius 3 is 3.06 bits per heavy atom. The summed E-state index contributed by atoms with van der Waals surface area (Å²) in [6.45, 7) is 8.93. The lowest BCUT2D eigenvalue weighted by Gasteiger charge is -2.29. The Kier molecular flexibility index (Phi) is 4.78. The summed E-state index contributed by atoms with van der Waals surface area (Å²) in [5.74, 6) is 0.805. The van der Waals surface area contributed by atoms with Gasteiger partial charge in [-0.15, -0.1) is 0 Å². The molecule has 1 aromatic heterocycles. The predicted octanol–water partition coefficient (Wildman–Crippen LogP) is 1.90. The number of hydrogen-bond donors (Lipinski definition) is 1. The fourth-order valence-corrected chi connectivity index (χ4v) is 2.78. The third kappa shape index (κ3) is 3.56. The van der Waals surface area contributed by atoms with Crippen LogP contribution in [0.4, 0.5) is 0 Å². The van der Waals surface area contributed by atoms with Crippen molar-refractivity contribution in [3.05, 3.63) is 18.2 Å². The largest absolute Gasteiger partial charge is 0.331 e. The minimum Gasteiger partial charge on any atom is -0.331 e. The molecule has 1 unspecified atom stereocenters. The van der Waals surface area contributed by atoms with Crippen LogP contribution in [0.1, 0.15) is 38.4 Å². The highest BCUT2D eigenvalue weighted by Crippen LogP contribution is 2.14. The fourth-order valence-electron chi connectivity index (χ4n) is 2.78. The average Bonchev–Trinajstić information content (AvgIpc) is 2.77. The molecule has 1 N–H and O–H groups in total. The Balaban J connectivity index is 1.76. The van der Waals surface area contributed by atoms with Crippen molar-refractivity contribution in [1.29, 1.82) is 0 Å². The van der Waals surface area contributed by atoms with Crippen LogP contribution in [0.5, 0.6) is 0 Å². The molecule has 2 heterocycles. The van der Waals surface area contributed by atoms with E-state index in [2.05, 4.69) is 40.7 Å². The normalized spacial score (nSPS) is 21.7. The number of nitrogens with one attached hydrogen (secondary N) is 1. The van der Waals surface area contributed by atoms with Crippen LogP contribution in [-0.2, 0) is 6.54 Å². The Morgan fingerprint density at radius 2 is 2.33 bits per heavy atom. The van der Waals surface area contributed by atoms with E-state index < -0.39 is 0 Å². The standard InChI is InChI=1S/C14H26N4/c1-12(2)18-11-16-9-14(18)8-15-7-13-5-4-6-17(3)10-13/h9,11-13,15H,4-8,10H2,1-3H3. The maximum absolute atomic E-state index is 4.24. The number of hydrogen-bond acceptors (Lipinski definition) is 3. The maximum atomic E-state index is 4.24. The molecule has 0 amide bonds.